The molecular formula is C19H18OS. The molecule has 21 heavy (non-hydrogen) atoms. The smallest absolute Gasteiger partial charge is 0.0787 e. The summed E-state index contributed by atoms with van der Waals surface area (Å²) in [6, 6.07) is 23.1. The molecule has 1 atom stereocenters. The third-order valence-electron chi connectivity index (χ3n) is 3.61. The predicted octanol–water partition coefficient (Wildman–Crippen LogP) is 5.43. The molecule has 3 rings (SSSR count). The fourth-order valence-electron chi connectivity index (χ4n) is 2.36. The molecule has 0 saturated carbocycles. The van der Waals surface area contributed by atoms with Crippen molar-refractivity contribution in [3.05, 3.63) is 72.3 Å². The largest absolute Gasteiger partial charge is 0.388 e. The summed E-state index contributed by atoms with van der Waals surface area (Å²) in [5, 5.41) is 12.4. The summed E-state index contributed by atoms with van der Waals surface area (Å²) in [5.74, 6) is 0. The molecule has 0 aliphatic heterocycles. The van der Waals surface area contributed by atoms with E-state index in [1.54, 1.807) is 11.8 Å². The fourth-order valence-corrected chi connectivity index (χ4v) is 3.23. The number of fused-ring (bicyclic) bond motifs is 1. The van der Waals surface area contributed by atoms with Gasteiger partial charge in [0.15, 0.2) is 0 Å². The highest BCUT2D eigenvalue weighted by Gasteiger charge is 2.05. The first kappa shape index (κ1) is 14.2. The Bertz CT molecular complexity index is 734. The van der Waals surface area contributed by atoms with Crippen LogP contribution in [-0.2, 0) is 0 Å². The molecule has 0 bridgehead atoms. The molecule has 0 aliphatic carbocycles. The maximum Gasteiger partial charge on any atom is 0.0787 e. The highest BCUT2D eigenvalue weighted by molar-refractivity contribution is 7.99. The number of aliphatic hydroxyl groups excluding tert-OH is 1. The second-order valence-corrected chi connectivity index (χ2v) is 6.25. The molecule has 0 amide bonds. The molecule has 2 heteroatoms. The van der Waals surface area contributed by atoms with E-state index in [9.17, 15) is 5.11 Å². The molecule has 0 aromatic heterocycles. The molecule has 0 aliphatic rings. The Hall–Kier alpha value is -1.77. The quantitative estimate of drug-likeness (QED) is 0.692. The molecule has 0 unspecified atom stereocenters. The van der Waals surface area contributed by atoms with Crippen LogP contribution in [0.1, 0.15) is 25.0 Å². The minimum absolute atomic E-state index is 0.357. The Morgan fingerprint density at radius 2 is 1.52 bits per heavy atom. The molecule has 1 nitrogen and oxygen atoms in total. The van der Waals surface area contributed by atoms with Crippen LogP contribution < -0.4 is 0 Å². The topological polar surface area (TPSA) is 20.2 Å². The summed E-state index contributed by atoms with van der Waals surface area (Å²) >= 11 is 1.75. The number of aliphatic hydroxyl groups is 1. The van der Waals surface area contributed by atoms with E-state index < -0.39 is 0 Å². The van der Waals surface area contributed by atoms with E-state index >= 15 is 0 Å². The zero-order chi connectivity index (χ0) is 14.7. The fraction of sp³-hybridized carbons (Fsp3) is 0.158. The van der Waals surface area contributed by atoms with Gasteiger partial charge in [0, 0.05) is 9.79 Å². The predicted molar refractivity (Wildman–Crippen MR) is 89.8 cm³/mol. The van der Waals surface area contributed by atoms with Crippen molar-refractivity contribution >= 4 is 22.5 Å². The van der Waals surface area contributed by atoms with Crippen LogP contribution in [-0.4, -0.2) is 5.11 Å². The van der Waals surface area contributed by atoms with Gasteiger partial charge in [-0.3, -0.25) is 0 Å². The molecule has 0 fully saturated rings. The second-order valence-electron chi connectivity index (χ2n) is 5.10. The molecule has 106 valence electrons. The molecule has 0 radical (unpaired) electrons. The van der Waals surface area contributed by atoms with Crippen LogP contribution in [0.15, 0.2) is 76.5 Å². The Balaban J connectivity index is 1.81. The van der Waals surface area contributed by atoms with Crippen LogP contribution in [0, 0.1) is 0 Å². The van der Waals surface area contributed by atoms with E-state index in [1.165, 1.54) is 20.6 Å². The van der Waals surface area contributed by atoms with Gasteiger partial charge in [0.05, 0.1) is 6.10 Å². The lowest BCUT2D eigenvalue weighted by Gasteiger charge is -2.09. The maximum atomic E-state index is 9.82. The molecule has 3 aromatic carbocycles. The van der Waals surface area contributed by atoms with E-state index in [1.807, 2.05) is 19.1 Å². The van der Waals surface area contributed by atoms with Crippen LogP contribution in [0.2, 0.25) is 0 Å². The van der Waals surface area contributed by atoms with Crippen LogP contribution in [0.5, 0.6) is 0 Å². The first-order chi connectivity index (χ1) is 10.3. The lowest BCUT2D eigenvalue weighted by atomic mass is 10.1. The van der Waals surface area contributed by atoms with Gasteiger partial charge in [0.25, 0.3) is 0 Å². The van der Waals surface area contributed by atoms with E-state index in [0.717, 1.165) is 12.0 Å². The lowest BCUT2D eigenvalue weighted by molar-refractivity contribution is 0.173. The number of hydrogen-bond donors (Lipinski definition) is 1. The average Bonchev–Trinajstić information content (AvgIpc) is 2.55. The summed E-state index contributed by atoms with van der Waals surface area (Å²) in [7, 11) is 0. The normalized spacial score (nSPS) is 12.5. The third-order valence-corrected chi connectivity index (χ3v) is 4.61. The maximum absolute atomic E-state index is 9.82. The minimum Gasteiger partial charge on any atom is -0.388 e. The molecule has 0 spiro atoms. The first-order valence-corrected chi connectivity index (χ1v) is 8.02. The van der Waals surface area contributed by atoms with Crippen molar-refractivity contribution in [3.8, 4) is 0 Å². The van der Waals surface area contributed by atoms with Crippen molar-refractivity contribution in [1.29, 1.82) is 0 Å². The average molecular weight is 294 g/mol. The minimum atomic E-state index is -0.357. The van der Waals surface area contributed by atoms with Crippen molar-refractivity contribution in [2.75, 3.05) is 0 Å². The van der Waals surface area contributed by atoms with E-state index in [-0.39, 0.29) is 6.10 Å². The Morgan fingerprint density at radius 1 is 0.857 bits per heavy atom. The molecule has 1 N–H and O–H groups in total. The molecule has 0 saturated heterocycles. The summed E-state index contributed by atoms with van der Waals surface area (Å²) < 4.78 is 0. The second kappa shape index (κ2) is 6.33. The van der Waals surface area contributed by atoms with Crippen molar-refractivity contribution in [3.63, 3.8) is 0 Å². The molecule has 0 heterocycles. The van der Waals surface area contributed by atoms with Crippen molar-refractivity contribution in [2.24, 2.45) is 0 Å². The lowest BCUT2D eigenvalue weighted by Crippen LogP contribution is -1.93. The van der Waals surface area contributed by atoms with Crippen LogP contribution in [0.4, 0.5) is 0 Å². The summed E-state index contributed by atoms with van der Waals surface area (Å²) in [6.45, 7) is 1.99. The van der Waals surface area contributed by atoms with E-state index in [2.05, 4.69) is 54.6 Å². The standard InChI is InChI=1S/C19H18OS/c1-2-19(20)15-8-10-17(11-9-15)21-18-12-7-14-5-3-4-6-16(14)13-18/h3-13,19-20H,2H2,1H3/t19-/m0/s1. The van der Waals surface area contributed by atoms with Gasteiger partial charge in [0.1, 0.15) is 0 Å². The van der Waals surface area contributed by atoms with Gasteiger partial charge in [-0.15, -0.1) is 0 Å². The van der Waals surface area contributed by atoms with Gasteiger partial charge in [-0.1, -0.05) is 61.2 Å². The number of rotatable bonds is 4. The Labute approximate surface area is 129 Å². The zero-order valence-electron chi connectivity index (χ0n) is 12.0. The SMILES string of the molecule is CC[C@H](O)c1ccc(Sc2ccc3ccccc3c2)cc1. The van der Waals surface area contributed by atoms with Gasteiger partial charge in [-0.2, -0.15) is 0 Å². The van der Waals surface area contributed by atoms with Crippen molar-refractivity contribution in [1.82, 2.24) is 0 Å². The third kappa shape index (κ3) is 3.29. The zero-order valence-corrected chi connectivity index (χ0v) is 12.8. The van der Waals surface area contributed by atoms with E-state index in [4.69, 9.17) is 0 Å². The molecular weight excluding hydrogens is 276 g/mol. The Morgan fingerprint density at radius 3 is 2.24 bits per heavy atom. The van der Waals surface area contributed by atoms with Crippen LogP contribution in [0.25, 0.3) is 10.8 Å². The monoisotopic (exact) mass is 294 g/mol. The van der Waals surface area contributed by atoms with E-state index in [0.29, 0.717) is 0 Å². The summed E-state index contributed by atoms with van der Waals surface area (Å²) in [4.78, 5) is 2.43. The van der Waals surface area contributed by atoms with Crippen LogP contribution in [0.3, 0.4) is 0 Å². The Kier molecular flexibility index (Phi) is 4.28. The highest BCUT2D eigenvalue weighted by Crippen LogP contribution is 2.31. The number of benzene rings is 3. The van der Waals surface area contributed by atoms with Crippen LogP contribution >= 0.6 is 11.8 Å². The van der Waals surface area contributed by atoms with Gasteiger partial charge in [-0.25, -0.2) is 0 Å². The van der Waals surface area contributed by atoms with Crippen molar-refractivity contribution in [2.45, 2.75) is 29.2 Å². The van der Waals surface area contributed by atoms with Gasteiger partial charge in [-0.05, 0) is 47.0 Å². The van der Waals surface area contributed by atoms with Crippen molar-refractivity contribution < 1.29 is 5.11 Å². The summed E-state index contributed by atoms with van der Waals surface area (Å²) in [5.41, 5.74) is 0.986. The van der Waals surface area contributed by atoms with Gasteiger partial charge in [0.2, 0.25) is 0 Å². The van der Waals surface area contributed by atoms with Gasteiger partial charge >= 0.3 is 0 Å². The first-order valence-electron chi connectivity index (χ1n) is 7.21. The molecule has 3 aromatic rings. The number of hydrogen-bond acceptors (Lipinski definition) is 2. The highest BCUT2D eigenvalue weighted by atomic mass is 32.2. The van der Waals surface area contributed by atoms with Gasteiger partial charge < -0.3 is 5.11 Å². The summed E-state index contributed by atoms with van der Waals surface area (Å²) in [6.07, 6.45) is 0.390.